The minimum atomic E-state index is -0.0456. The summed E-state index contributed by atoms with van der Waals surface area (Å²) in [5.74, 6) is 5.84. The van der Waals surface area contributed by atoms with Crippen LogP contribution in [0.5, 0.6) is 0 Å². The molecular formula is C16H23NO2S. The van der Waals surface area contributed by atoms with Crippen LogP contribution in [0.1, 0.15) is 54.2 Å². The molecule has 3 nitrogen and oxygen atoms in total. The molecule has 0 fully saturated rings. The van der Waals surface area contributed by atoms with Crippen LogP contribution in [0.3, 0.4) is 0 Å². The zero-order valence-electron chi connectivity index (χ0n) is 12.8. The molecule has 110 valence electrons. The fraction of sp³-hybridized carbons (Fsp3) is 0.562. The van der Waals surface area contributed by atoms with E-state index >= 15 is 0 Å². The average molecular weight is 293 g/mol. The largest absolute Gasteiger partial charge is 0.395 e. The minimum absolute atomic E-state index is 0.0335. The lowest BCUT2D eigenvalue weighted by Gasteiger charge is -2.27. The van der Waals surface area contributed by atoms with Crippen molar-refractivity contribution in [3.8, 4) is 11.8 Å². The summed E-state index contributed by atoms with van der Waals surface area (Å²) < 4.78 is 0. The summed E-state index contributed by atoms with van der Waals surface area (Å²) in [6.07, 6.45) is 0.458. The molecule has 0 bridgehead atoms. The van der Waals surface area contributed by atoms with Gasteiger partial charge in [0.25, 0.3) is 5.91 Å². The number of carbonyl (C=O) groups excluding carboxylic acids is 1. The Labute approximate surface area is 125 Å². The topological polar surface area (TPSA) is 49.3 Å². The van der Waals surface area contributed by atoms with E-state index in [0.717, 1.165) is 10.4 Å². The molecule has 1 aromatic heterocycles. The van der Waals surface area contributed by atoms with Gasteiger partial charge in [0.15, 0.2) is 0 Å². The summed E-state index contributed by atoms with van der Waals surface area (Å²) in [6.45, 7) is 10.3. The van der Waals surface area contributed by atoms with Gasteiger partial charge in [-0.3, -0.25) is 4.79 Å². The van der Waals surface area contributed by atoms with Gasteiger partial charge in [-0.15, -0.1) is 11.3 Å². The molecule has 20 heavy (non-hydrogen) atoms. The molecule has 2 N–H and O–H groups in total. The molecule has 0 aliphatic heterocycles. The van der Waals surface area contributed by atoms with Gasteiger partial charge in [0.05, 0.1) is 16.4 Å². The number of amides is 1. The zero-order valence-corrected chi connectivity index (χ0v) is 13.6. The van der Waals surface area contributed by atoms with Gasteiger partial charge < -0.3 is 10.4 Å². The second-order valence-corrected chi connectivity index (χ2v) is 7.01. The molecule has 0 aromatic carbocycles. The van der Waals surface area contributed by atoms with Gasteiger partial charge in [0, 0.05) is 12.5 Å². The number of rotatable bonds is 3. The maximum atomic E-state index is 12.2. The third kappa shape index (κ3) is 4.66. The highest BCUT2D eigenvalue weighted by Gasteiger charge is 2.23. The summed E-state index contributed by atoms with van der Waals surface area (Å²) in [6, 6.07) is 1.97. The highest BCUT2D eigenvalue weighted by molar-refractivity contribution is 7.14. The molecule has 0 radical (unpaired) electrons. The standard InChI is InChI=1S/C16H23NO2S/c1-11-10-14(20-13(11)8-6-7-9-18)15(19)17-12(2)16(3,4)5/h10,12,18H,7,9H2,1-5H3,(H,17,19). The number of thiophene rings is 1. The van der Waals surface area contributed by atoms with E-state index in [4.69, 9.17) is 5.11 Å². The van der Waals surface area contributed by atoms with Gasteiger partial charge >= 0.3 is 0 Å². The lowest BCUT2D eigenvalue weighted by atomic mass is 9.88. The van der Waals surface area contributed by atoms with Crippen molar-refractivity contribution in [2.24, 2.45) is 5.41 Å². The number of aryl methyl sites for hydroxylation is 1. The molecule has 0 saturated carbocycles. The highest BCUT2D eigenvalue weighted by Crippen LogP contribution is 2.23. The number of carbonyl (C=O) groups is 1. The van der Waals surface area contributed by atoms with Crippen LogP contribution in [-0.4, -0.2) is 23.7 Å². The second kappa shape index (κ2) is 6.92. The Hall–Kier alpha value is -1.31. The Morgan fingerprint density at radius 3 is 2.70 bits per heavy atom. The van der Waals surface area contributed by atoms with E-state index < -0.39 is 0 Å². The molecule has 0 spiro atoms. The first-order valence-electron chi connectivity index (χ1n) is 6.76. The van der Waals surface area contributed by atoms with Crippen LogP contribution in [-0.2, 0) is 0 Å². The van der Waals surface area contributed by atoms with Crippen LogP contribution >= 0.6 is 11.3 Å². The second-order valence-electron chi connectivity index (χ2n) is 5.96. The molecular weight excluding hydrogens is 270 g/mol. The molecule has 4 heteroatoms. The lowest BCUT2D eigenvalue weighted by Crippen LogP contribution is -2.41. The third-order valence-corrected chi connectivity index (χ3v) is 4.38. The average Bonchev–Trinajstić information content (AvgIpc) is 2.70. The zero-order chi connectivity index (χ0) is 15.3. The summed E-state index contributed by atoms with van der Waals surface area (Å²) in [4.78, 5) is 13.8. The molecule has 0 aliphatic carbocycles. The monoisotopic (exact) mass is 293 g/mol. The van der Waals surface area contributed by atoms with Crippen molar-refractivity contribution in [2.45, 2.75) is 47.1 Å². The Morgan fingerprint density at radius 2 is 2.15 bits per heavy atom. The number of hydrogen-bond donors (Lipinski definition) is 2. The first kappa shape index (κ1) is 16.7. The van der Waals surface area contributed by atoms with E-state index in [1.165, 1.54) is 11.3 Å². The van der Waals surface area contributed by atoms with E-state index in [9.17, 15) is 4.79 Å². The van der Waals surface area contributed by atoms with E-state index in [1.54, 1.807) is 0 Å². The van der Waals surface area contributed by atoms with Crippen LogP contribution < -0.4 is 5.32 Å². The van der Waals surface area contributed by atoms with Gasteiger partial charge in [0.2, 0.25) is 0 Å². The molecule has 1 atom stereocenters. The van der Waals surface area contributed by atoms with Crippen LogP contribution in [0.2, 0.25) is 0 Å². The number of nitrogens with one attached hydrogen (secondary N) is 1. The van der Waals surface area contributed by atoms with Crippen molar-refractivity contribution in [3.05, 3.63) is 21.4 Å². The maximum absolute atomic E-state index is 12.2. The summed E-state index contributed by atoms with van der Waals surface area (Å²) in [7, 11) is 0. The van der Waals surface area contributed by atoms with Crippen LogP contribution in [0.4, 0.5) is 0 Å². The number of aliphatic hydroxyl groups is 1. The van der Waals surface area contributed by atoms with Crippen molar-refractivity contribution in [1.29, 1.82) is 0 Å². The first-order chi connectivity index (χ1) is 9.25. The number of hydrogen-bond acceptors (Lipinski definition) is 3. The number of aliphatic hydroxyl groups excluding tert-OH is 1. The van der Waals surface area contributed by atoms with E-state index in [-0.39, 0.29) is 24.0 Å². The molecule has 1 amide bonds. The van der Waals surface area contributed by atoms with E-state index in [0.29, 0.717) is 11.3 Å². The SMILES string of the molecule is Cc1cc(C(=O)NC(C)C(C)(C)C)sc1C#CCCO. The molecule has 1 aromatic rings. The predicted molar refractivity (Wildman–Crippen MR) is 84.0 cm³/mol. The van der Waals surface area contributed by atoms with Gasteiger partial charge in [-0.2, -0.15) is 0 Å². The normalized spacial score (nSPS) is 12.5. The summed E-state index contributed by atoms with van der Waals surface area (Å²) >= 11 is 1.40. The Bertz CT molecular complexity index is 529. The molecule has 1 heterocycles. The third-order valence-electron chi connectivity index (χ3n) is 3.23. The molecule has 1 unspecified atom stereocenters. The van der Waals surface area contributed by atoms with Gasteiger partial charge in [-0.25, -0.2) is 0 Å². The minimum Gasteiger partial charge on any atom is -0.395 e. The van der Waals surface area contributed by atoms with Crippen molar-refractivity contribution in [3.63, 3.8) is 0 Å². The van der Waals surface area contributed by atoms with Crippen LogP contribution in [0.25, 0.3) is 0 Å². The van der Waals surface area contributed by atoms with Crippen molar-refractivity contribution < 1.29 is 9.90 Å². The van der Waals surface area contributed by atoms with Crippen molar-refractivity contribution >= 4 is 17.2 Å². The van der Waals surface area contributed by atoms with Gasteiger partial charge in [-0.1, -0.05) is 32.6 Å². The molecule has 0 saturated heterocycles. The Balaban J connectivity index is 2.81. The van der Waals surface area contributed by atoms with Crippen molar-refractivity contribution in [2.75, 3.05) is 6.61 Å². The maximum Gasteiger partial charge on any atom is 0.261 e. The van der Waals surface area contributed by atoms with E-state index in [2.05, 4.69) is 37.9 Å². The fourth-order valence-corrected chi connectivity index (χ4v) is 2.35. The lowest BCUT2D eigenvalue weighted by molar-refractivity contribution is 0.0914. The van der Waals surface area contributed by atoms with Crippen LogP contribution in [0.15, 0.2) is 6.07 Å². The quantitative estimate of drug-likeness (QED) is 0.842. The van der Waals surface area contributed by atoms with E-state index in [1.807, 2.05) is 19.9 Å². The van der Waals surface area contributed by atoms with Gasteiger partial charge in [0.1, 0.15) is 0 Å². The van der Waals surface area contributed by atoms with Crippen LogP contribution in [0, 0.1) is 24.2 Å². The highest BCUT2D eigenvalue weighted by atomic mass is 32.1. The van der Waals surface area contributed by atoms with Crippen molar-refractivity contribution in [1.82, 2.24) is 5.32 Å². The smallest absolute Gasteiger partial charge is 0.261 e. The fourth-order valence-electron chi connectivity index (χ4n) is 1.40. The summed E-state index contributed by atoms with van der Waals surface area (Å²) in [5, 5.41) is 11.7. The Morgan fingerprint density at radius 1 is 1.50 bits per heavy atom. The predicted octanol–water partition coefficient (Wildman–Crippen LogP) is 2.95. The summed E-state index contributed by atoms with van der Waals surface area (Å²) in [5.41, 5.74) is 1.04. The Kier molecular flexibility index (Phi) is 5.79. The first-order valence-corrected chi connectivity index (χ1v) is 7.58. The molecule has 0 aliphatic rings. The van der Waals surface area contributed by atoms with Gasteiger partial charge in [-0.05, 0) is 30.9 Å². The molecule has 1 rings (SSSR count).